The van der Waals surface area contributed by atoms with E-state index in [4.69, 9.17) is 4.98 Å². The Labute approximate surface area is 148 Å². The van der Waals surface area contributed by atoms with E-state index in [0.717, 1.165) is 17.1 Å². The van der Waals surface area contributed by atoms with Crippen LogP contribution in [-0.4, -0.2) is 9.97 Å². The maximum Gasteiger partial charge on any atom is 0.0780 e. The van der Waals surface area contributed by atoms with Crippen molar-refractivity contribution in [2.75, 3.05) is 0 Å². The van der Waals surface area contributed by atoms with Gasteiger partial charge in [-0.05, 0) is 86.3 Å². The van der Waals surface area contributed by atoms with Gasteiger partial charge in [-0.1, -0.05) is 12.1 Å². The molecular formula is C23H22N2. The van der Waals surface area contributed by atoms with E-state index in [1.165, 1.54) is 43.8 Å². The number of pyridine rings is 2. The quantitative estimate of drug-likeness (QED) is 0.401. The van der Waals surface area contributed by atoms with Gasteiger partial charge < -0.3 is 0 Å². The van der Waals surface area contributed by atoms with E-state index in [9.17, 15) is 0 Å². The number of aryl methyl sites for hydroxylation is 4. The third kappa shape index (κ3) is 2.49. The monoisotopic (exact) mass is 326 g/mol. The van der Waals surface area contributed by atoms with Gasteiger partial charge in [0.2, 0.25) is 0 Å². The van der Waals surface area contributed by atoms with Gasteiger partial charge in [-0.3, -0.25) is 9.97 Å². The van der Waals surface area contributed by atoms with Crippen LogP contribution in [0, 0.1) is 34.6 Å². The molecule has 0 radical (unpaired) electrons. The van der Waals surface area contributed by atoms with Gasteiger partial charge in [0.1, 0.15) is 0 Å². The van der Waals surface area contributed by atoms with Crippen LogP contribution in [0.4, 0.5) is 0 Å². The van der Waals surface area contributed by atoms with Crippen LogP contribution >= 0.6 is 0 Å². The van der Waals surface area contributed by atoms with Crippen molar-refractivity contribution in [3.05, 3.63) is 70.7 Å². The molecule has 2 heteroatoms. The lowest BCUT2D eigenvalue weighted by Crippen LogP contribution is -1.93. The first-order chi connectivity index (χ1) is 12.0. The second kappa shape index (κ2) is 5.66. The van der Waals surface area contributed by atoms with Crippen molar-refractivity contribution >= 4 is 21.5 Å². The average Bonchev–Trinajstić information content (AvgIpc) is 2.58. The Balaban J connectivity index is 2.09. The number of hydrogen-bond donors (Lipinski definition) is 0. The fourth-order valence-corrected chi connectivity index (χ4v) is 3.72. The third-order valence-electron chi connectivity index (χ3n) is 5.27. The summed E-state index contributed by atoms with van der Waals surface area (Å²) in [4.78, 5) is 9.33. The molecule has 0 N–H and O–H groups in total. The summed E-state index contributed by atoms with van der Waals surface area (Å²) in [6, 6.07) is 13.2. The highest BCUT2D eigenvalue weighted by molar-refractivity contribution is 6.11. The van der Waals surface area contributed by atoms with Gasteiger partial charge in [-0.2, -0.15) is 0 Å². The molecule has 0 spiro atoms. The minimum atomic E-state index is 1.05. The molecule has 4 aromatic rings. The summed E-state index contributed by atoms with van der Waals surface area (Å²) in [5, 5.41) is 4.91. The number of aromatic nitrogens is 2. The highest BCUT2D eigenvalue weighted by atomic mass is 14.7. The molecule has 2 heterocycles. The van der Waals surface area contributed by atoms with E-state index in [0.29, 0.717) is 0 Å². The maximum absolute atomic E-state index is 4.73. The van der Waals surface area contributed by atoms with Crippen molar-refractivity contribution in [3.8, 4) is 11.3 Å². The highest BCUT2D eigenvalue weighted by Crippen LogP contribution is 2.34. The van der Waals surface area contributed by atoms with Gasteiger partial charge in [0.05, 0.1) is 5.69 Å². The van der Waals surface area contributed by atoms with Crippen LogP contribution in [0.15, 0.2) is 42.6 Å². The van der Waals surface area contributed by atoms with Gasteiger partial charge in [-0.15, -0.1) is 0 Å². The molecule has 0 saturated heterocycles. The van der Waals surface area contributed by atoms with Crippen LogP contribution in [-0.2, 0) is 0 Å². The summed E-state index contributed by atoms with van der Waals surface area (Å²) in [7, 11) is 0. The molecule has 0 saturated carbocycles. The van der Waals surface area contributed by atoms with Crippen molar-refractivity contribution in [3.63, 3.8) is 0 Å². The van der Waals surface area contributed by atoms with Gasteiger partial charge in [0.15, 0.2) is 0 Å². The Kier molecular flexibility index (Phi) is 3.57. The molecule has 124 valence electrons. The lowest BCUT2D eigenvalue weighted by Gasteiger charge is -2.13. The summed E-state index contributed by atoms with van der Waals surface area (Å²) in [5.41, 5.74) is 8.35. The van der Waals surface area contributed by atoms with Gasteiger partial charge >= 0.3 is 0 Å². The Morgan fingerprint density at radius 1 is 0.680 bits per heavy atom. The summed E-state index contributed by atoms with van der Waals surface area (Å²) in [6.07, 6.45) is 1.92. The minimum absolute atomic E-state index is 1.05. The van der Waals surface area contributed by atoms with Crippen LogP contribution < -0.4 is 0 Å². The minimum Gasteiger partial charge on any atom is -0.258 e. The van der Waals surface area contributed by atoms with E-state index in [2.05, 4.69) is 76.0 Å². The van der Waals surface area contributed by atoms with Gasteiger partial charge in [-0.25, -0.2) is 0 Å². The fraction of sp³-hybridized carbons (Fsp3) is 0.217. The summed E-state index contributed by atoms with van der Waals surface area (Å²) >= 11 is 0. The normalized spacial score (nSPS) is 11.4. The van der Waals surface area contributed by atoms with Gasteiger partial charge in [0, 0.05) is 33.9 Å². The molecule has 0 amide bonds. The van der Waals surface area contributed by atoms with Crippen molar-refractivity contribution in [1.82, 2.24) is 9.97 Å². The molecule has 0 unspecified atom stereocenters. The topological polar surface area (TPSA) is 25.8 Å². The van der Waals surface area contributed by atoms with Crippen molar-refractivity contribution in [2.45, 2.75) is 34.6 Å². The number of fused-ring (bicyclic) bond motifs is 3. The number of benzene rings is 2. The highest BCUT2D eigenvalue weighted by Gasteiger charge is 2.11. The van der Waals surface area contributed by atoms with E-state index < -0.39 is 0 Å². The standard InChI is InChI=1S/C23H22N2/c1-13-10-18(11-14(2)16(13)4)23-21-7-6-19-17(5)25-15(3)12-22(19)20(21)8-9-24-23/h6-12H,1-5H3. The zero-order valence-corrected chi connectivity index (χ0v) is 15.4. The van der Waals surface area contributed by atoms with Crippen molar-refractivity contribution in [1.29, 1.82) is 0 Å². The molecule has 0 fully saturated rings. The first-order valence-corrected chi connectivity index (χ1v) is 8.69. The van der Waals surface area contributed by atoms with Crippen LogP contribution in [0.3, 0.4) is 0 Å². The molecule has 2 aromatic heterocycles. The van der Waals surface area contributed by atoms with Crippen molar-refractivity contribution < 1.29 is 0 Å². The fourth-order valence-electron chi connectivity index (χ4n) is 3.72. The second-order valence-electron chi connectivity index (χ2n) is 7.00. The molecule has 0 aliphatic carbocycles. The first-order valence-electron chi connectivity index (χ1n) is 8.69. The van der Waals surface area contributed by atoms with E-state index >= 15 is 0 Å². The summed E-state index contributed by atoms with van der Waals surface area (Å²) in [5.74, 6) is 0. The lowest BCUT2D eigenvalue weighted by molar-refractivity contribution is 1.15. The zero-order valence-electron chi connectivity index (χ0n) is 15.4. The number of nitrogens with zero attached hydrogens (tertiary/aromatic N) is 2. The molecule has 0 bridgehead atoms. The average molecular weight is 326 g/mol. The Hall–Kier alpha value is -2.74. The molecule has 0 aliphatic rings. The Morgan fingerprint density at radius 3 is 2.08 bits per heavy atom. The van der Waals surface area contributed by atoms with E-state index in [1.54, 1.807) is 0 Å². The lowest BCUT2D eigenvalue weighted by atomic mass is 9.95. The summed E-state index contributed by atoms with van der Waals surface area (Å²) in [6.45, 7) is 10.7. The van der Waals surface area contributed by atoms with Crippen molar-refractivity contribution in [2.24, 2.45) is 0 Å². The predicted molar refractivity (Wildman–Crippen MR) is 106 cm³/mol. The predicted octanol–water partition coefficient (Wildman–Crippen LogP) is 5.99. The molecular weight excluding hydrogens is 304 g/mol. The van der Waals surface area contributed by atoms with Crippen LogP contribution in [0.5, 0.6) is 0 Å². The molecule has 4 rings (SSSR count). The largest absolute Gasteiger partial charge is 0.258 e. The van der Waals surface area contributed by atoms with Crippen LogP contribution in [0.2, 0.25) is 0 Å². The third-order valence-corrected chi connectivity index (χ3v) is 5.27. The first kappa shape index (κ1) is 15.8. The molecule has 2 aromatic carbocycles. The SMILES string of the molecule is Cc1cc2c(ccc3c(-c4cc(C)c(C)c(C)c4)nccc32)c(C)n1. The van der Waals surface area contributed by atoms with Crippen LogP contribution in [0.25, 0.3) is 32.8 Å². The second-order valence-corrected chi connectivity index (χ2v) is 7.00. The smallest absolute Gasteiger partial charge is 0.0780 e. The van der Waals surface area contributed by atoms with Gasteiger partial charge in [0.25, 0.3) is 0 Å². The molecule has 25 heavy (non-hydrogen) atoms. The maximum atomic E-state index is 4.73. The number of rotatable bonds is 1. The van der Waals surface area contributed by atoms with E-state index in [1.807, 2.05) is 6.20 Å². The Morgan fingerprint density at radius 2 is 1.36 bits per heavy atom. The molecule has 0 atom stereocenters. The number of hydrogen-bond acceptors (Lipinski definition) is 2. The van der Waals surface area contributed by atoms with E-state index in [-0.39, 0.29) is 0 Å². The molecule has 2 nitrogen and oxygen atoms in total. The zero-order chi connectivity index (χ0) is 17.7. The van der Waals surface area contributed by atoms with Crippen LogP contribution in [0.1, 0.15) is 28.1 Å². The Bertz CT molecular complexity index is 1120. The summed E-state index contributed by atoms with van der Waals surface area (Å²) < 4.78 is 0. The molecule has 0 aliphatic heterocycles.